The van der Waals surface area contributed by atoms with Crippen molar-refractivity contribution in [2.45, 2.75) is 49.7 Å². The van der Waals surface area contributed by atoms with E-state index in [4.69, 9.17) is 10.6 Å². The van der Waals surface area contributed by atoms with Gasteiger partial charge < -0.3 is 21.0 Å². The topological polar surface area (TPSA) is 151 Å². The first kappa shape index (κ1) is 24.6. The molecule has 0 bridgehead atoms. The molecule has 4 aliphatic rings. The number of carboxylic acid groups (broad SMARTS) is 1. The largest absolute Gasteiger partial charge is 0.477 e. The summed E-state index contributed by atoms with van der Waals surface area (Å²) >= 11 is 2.75. The number of hydrogen-bond acceptors (Lipinski definition) is 9. The molecule has 1 fully saturated rings. The van der Waals surface area contributed by atoms with Gasteiger partial charge in [-0.25, -0.2) is 4.79 Å². The van der Waals surface area contributed by atoms with Crippen molar-refractivity contribution >= 4 is 52.2 Å². The predicted octanol–water partition coefficient (Wildman–Crippen LogP) is 0.0240. The second-order valence-corrected chi connectivity index (χ2v) is 11.0. The van der Waals surface area contributed by atoms with Gasteiger partial charge in [0.1, 0.15) is 30.3 Å². The SMILES string of the molecule is CO/N=C(/C(=O)N[C@@H]1C(=O)N2C(C(=O)O)=C(C[n+]3cccc4c3CCCC4)CS[C@H]12)C1CSC(N)=N1. The van der Waals surface area contributed by atoms with E-state index in [-0.39, 0.29) is 11.4 Å². The number of aromatic nitrogens is 1. The summed E-state index contributed by atoms with van der Waals surface area (Å²) in [4.78, 5) is 48.6. The summed E-state index contributed by atoms with van der Waals surface area (Å²) in [6.07, 6.45) is 6.22. The minimum atomic E-state index is -1.15. The van der Waals surface area contributed by atoms with Gasteiger partial charge in [0, 0.05) is 35.1 Å². The Morgan fingerprint density at radius 3 is 2.92 bits per heavy atom. The minimum absolute atomic E-state index is 0.00510. The van der Waals surface area contributed by atoms with Crippen LogP contribution in [0, 0.1) is 0 Å². The third kappa shape index (κ3) is 4.45. The zero-order valence-corrected chi connectivity index (χ0v) is 21.3. The number of carbonyl (C=O) groups excluding carboxylic acids is 2. The molecule has 1 saturated heterocycles. The molecule has 1 aromatic heterocycles. The van der Waals surface area contributed by atoms with Gasteiger partial charge in [-0.1, -0.05) is 16.9 Å². The molecule has 11 nitrogen and oxygen atoms in total. The zero-order chi connectivity index (χ0) is 25.4. The number of nitrogens with two attached hydrogens (primary N) is 1. The number of hydrogen-bond donors (Lipinski definition) is 3. The molecular formula is C23H27N6O5S2+. The fourth-order valence-corrected chi connectivity index (χ4v) is 7.13. The van der Waals surface area contributed by atoms with Gasteiger partial charge in [-0.2, -0.15) is 4.57 Å². The standard InChI is InChI=1S/C23H26N6O5S2/c1-34-27-16(14-11-36-23(24)25-14)19(30)26-17-20(31)29-18(22(32)33)13(10-35-21(17)29)9-28-8-4-6-12-5-2-3-7-15(12)28/h4,6,8,14,17,21H,2-3,5,7,9-11H2,1H3,(H3-,24,25,26,30,32,33)/p+1/b27-16+/t14?,17-,21-/m1/s1. The van der Waals surface area contributed by atoms with Gasteiger partial charge in [0.15, 0.2) is 29.3 Å². The molecule has 190 valence electrons. The number of thioether (sulfide) groups is 2. The number of amides is 2. The third-order valence-electron chi connectivity index (χ3n) is 6.70. The Bertz CT molecular complexity index is 1220. The second-order valence-electron chi connectivity index (χ2n) is 8.89. The summed E-state index contributed by atoms with van der Waals surface area (Å²) in [7, 11) is 1.32. The van der Waals surface area contributed by atoms with Gasteiger partial charge in [0.25, 0.3) is 11.8 Å². The van der Waals surface area contributed by atoms with Crippen LogP contribution in [0.1, 0.15) is 24.1 Å². The molecule has 4 N–H and O–H groups in total. The van der Waals surface area contributed by atoms with E-state index in [2.05, 4.69) is 26.1 Å². The van der Waals surface area contributed by atoms with Gasteiger partial charge >= 0.3 is 5.97 Å². The van der Waals surface area contributed by atoms with Gasteiger partial charge in [-0.15, -0.1) is 11.8 Å². The average molecular weight is 532 g/mol. The summed E-state index contributed by atoms with van der Waals surface area (Å²) in [5.41, 5.74) is 8.95. The van der Waals surface area contributed by atoms with Crippen LogP contribution in [0.2, 0.25) is 0 Å². The van der Waals surface area contributed by atoms with Crippen molar-refractivity contribution in [1.82, 2.24) is 10.2 Å². The smallest absolute Gasteiger partial charge is 0.352 e. The van der Waals surface area contributed by atoms with E-state index in [1.54, 1.807) is 0 Å². The van der Waals surface area contributed by atoms with E-state index in [1.807, 2.05) is 12.3 Å². The van der Waals surface area contributed by atoms with Crippen molar-refractivity contribution in [3.05, 3.63) is 40.9 Å². The van der Waals surface area contributed by atoms with E-state index in [0.29, 0.717) is 28.8 Å². The van der Waals surface area contributed by atoms with Crippen molar-refractivity contribution in [3.8, 4) is 0 Å². The molecule has 4 heterocycles. The molecule has 13 heteroatoms. The lowest BCUT2D eigenvalue weighted by Gasteiger charge is -2.49. The summed E-state index contributed by atoms with van der Waals surface area (Å²) in [5, 5.41) is 16.4. The van der Waals surface area contributed by atoms with Crippen LogP contribution in [-0.4, -0.2) is 74.7 Å². The summed E-state index contributed by atoms with van der Waals surface area (Å²) in [6, 6.07) is 2.67. The van der Waals surface area contributed by atoms with Crippen LogP contribution in [0.5, 0.6) is 0 Å². The van der Waals surface area contributed by atoms with Crippen LogP contribution < -0.4 is 15.6 Å². The Balaban J connectivity index is 1.35. The fourth-order valence-electron chi connectivity index (χ4n) is 5.03. The van der Waals surface area contributed by atoms with Gasteiger partial charge in [-0.05, 0) is 25.3 Å². The number of amidine groups is 1. The first-order valence-corrected chi connectivity index (χ1v) is 13.7. The number of nitrogens with one attached hydrogen (secondary N) is 1. The Morgan fingerprint density at radius 2 is 2.19 bits per heavy atom. The highest BCUT2D eigenvalue weighted by molar-refractivity contribution is 8.14. The number of oxime groups is 1. The number of rotatable bonds is 7. The summed E-state index contributed by atoms with van der Waals surface area (Å²) < 4.78 is 2.11. The molecule has 0 spiro atoms. The number of β-lactam (4-membered cyclic amide) rings is 1. The molecule has 1 aromatic rings. The van der Waals surface area contributed by atoms with Crippen LogP contribution in [-0.2, 0) is 38.6 Å². The maximum absolute atomic E-state index is 13.1. The maximum atomic E-state index is 13.1. The van der Waals surface area contributed by atoms with E-state index in [9.17, 15) is 19.5 Å². The monoisotopic (exact) mass is 531 g/mol. The van der Waals surface area contributed by atoms with E-state index < -0.39 is 35.2 Å². The minimum Gasteiger partial charge on any atom is -0.477 e. The van der Waals surface area contributed by atoms with E-state index in [1.165, 1.54) is 46.8 Å². The highest BCUT2D eigenvalue weighted by Crippen LogP contribution is 2.40. The molecule has 1 unspecified atom stereocenters. The Kier molecular flexibility index (Phi) is 6.93. The lowest BCUT2D eigenvalue weighted by atomic mass is 9.95. The maximum Gasteiger partial charge on any atom is 0.352 e. The number of pyridine rings is 1. The van der Waals surface area contributed by atoms with Crippen molar-refractivity contribution < 1.29 is 28.9 Å². The Hall–Kier alpha value is -3.06. The van der Waals surface area contributed by atoms with Gasteiger partial charge in [0.2, 0.25) is 0 Å². The average Bonchev–Trinajstić information content (AvgIpc) is 3.31. The van der Waals surface area contributed by atoms with Crippen molar-refractivity contribution in [1.29, 1.82) is 0 Å². The molecule has 36 heavy (non-hydrogen) atoms. The Labute approximate surface area is 216 Å². The van der Waals surface area contributed by atoms with Crippen LogP contribution in [0.4, 0.5) is 0 Å². The highest BCUT2D eigenvalue weighted by Gasteiger charge is 2.55. The Morgan fingerprint density at radius 1 is 1.39 bits per heavy atom. The number of nitrogens with zero attached hydrogens (tertiary/aromatic N) is 4. The van der Waals surface area contributed by atoms with Gasteiger partial charge in [0.05, 0.1) is 0 Å². The van der Waals surface area contributed by atoms with Crippen LogP contribution >= 0.6 is 23.5 Å². The lowest BCUT2D eigenvalue weighted by Crippen LogP contribution is -2.71. The zero-order valence-electron chi connectivity index (χ0n) is 19.7. The fraction of sp³-hybridized carbons (Fsp3) is 0.478. The summed E-state index contributed by atoms with van der Waals surface area (Å²) in [5.74, 6) is -1.30. The molecule has 3 aliphatic heterocycles. The molecule has 5 rings (SSSR count). The van der Waals surface area contributed by atoms with Crippen molar-refractivity contribution in [2.24, 2.45) is 15.9 Å². The molecule has 0 saturated carbocycles. The van der Waals surface area contributed by atoms with E-state index >= 15 is 0 Å². The predicted molar refractivity (Wildman–Crippen MR) is 135 cm³/mol. The van der Waals surface area contributed by atoms with E-state index in [0.717, 1.165) is 25.7 Å². The lowest BCUT2D eigenvalue weighted by molar-refractivity contribution is -0.697. The number of aliphatic carboxylic acids is 1. The molecule has 1 aliphatic carbocycles. The molecule has 0 radical (unpaired) electrons. The highest BCUT2D eigenvalue weighted by atomic mass is 32.2. The molecular weight excluding hydrogens is 504 g/mol. The van der Waals surface area contributed by atoms with Crippen LogP contribution in [0.15, 0.2) is 39.7 Å². The number of aryl methyl sites for hydroxylation is 1. The number of aliphatic imine (C=N–C) groups is 1. The quantitative estimate of drug-likeness (QED) is 0.193. The van der Waals surface area contributed by atoms with Crippen molar-refractivity contribution in [2.75, 3.05) is 18.6 Å². The molecule has 3 atom stereocenters. The van der Waals surface area contributed by atoms with Crippen molar-refractivity contribution in [3.63, 3.8) is 0 Å². The first-order valence-electron chi connectivity index (χ1n) is 11.7. The molecule has 2 amide bonds. The van der Waals surface area contributed by atoms with Gasteiger partial charge in [-0.3, -0.25) is 19.5 Å². The van der Waals surface area contributed by atoms with Crippen LogP contribution in [0.3, 0.4) is 0 Å². The third-order valence-corrected chi connectivity index (χ3v) is 8.92. The summed E-state index contributed by atoms with van der Waals surface area (Å²) in [6.45, 7) is 0.411. The number of fused-ring (bicyclic) bond motifs is 2. The second kappa shape index (κ2) is 10.1. The number of carboxylic acids is 1. The normalized spacial score (nSPS) is 25.5. The van der Waals surface area contributed by atoms with Crippen LogP contribution in [0.25, 0.3) is 0 Å². The molecule has 0 aromatic carbocycles. The number of carbonyl (C=O) groups is 3. The first-order chi connectivity index (χ1) is 17.4.